The topological polar surface area (TPSA) is 72.9 Å². The highest BCUT2D eigenvalue weighted by atomic mass is 35.5. The van der Waals surface area contributed by atoms with Crippen molar-refractivity contribution in [3.8, 4) is 0 Å². The van der Waals surface area contributed by atoms with Gasteiger partial charge in [-0.2, -0.15) is 5.10 Å². The predicted octanol–water partition coefficient (Wildman–Crippen LogP) is 1.18. The lowest BCUT2D eigenvalue weighted by Gasteiger charge is -2.17. The number of nitrogens with two attached hydrogens (primary N) is 1. The SMILES string of the molecule is CCC(C)C(N)C(=O)NCCCn1cccn1.Cl. The van der Waals surface area contributed by atoms with Crippen LogP contribution in [0.3, 0.4) is 0 Å². The van der Waals surface area contributed by atoms with Gasteiger partial charge in [0.25, 0.3) is 0 Å². The van der Waals surface area contributed by atoms with Crippen LogP contribution in [-0.4, -0.2) is 28.3 Å². The van der Waals surface area contributed by atoms with E-state index in [9.17, 15) is 4.79 Å². The van der Waals surface area contributed by atoms with Gasteiger partial charge in [-0.15, -0.1) is 12.4 Å². The number of halogens is 1. The Kier molecular flexibility index (Phi) is 8.41. The van der Waals surface area contributed by atoms with Gasteiger partial charge in [-0.25, -0.2) is 0 Å². The molecule has 3 N–H and O–H groups in total. The van der Waals surface area contributed by atoms with Crippen LogP contribution in [0.25, 0.3) is 0 Å². The summed E-state index contributed by atoms with van der Waals surface area (Å²) >= 11 is 0. The fraction of sp³-hybridized carbons (Fsp3) is 0.667. The van der Waals surface area contributed by atoms with E-state index in [1.807, 2.05) is 30.8 Å². The second-order valence-electron chi connectivity index (χ2n) is 4.33. The molecule has 18 heavy (non-hydrogen) atoms. The zero-order valence-corrected chi connectivity index (χ0v) is 11.8. The third-order valence-electron chi connectivity index (χ3n) is 2.98. The number of nitrogens with one attached hydrogen (secondary N) is 1. The number of aryl methyl sites for hydroxylation is 1. The Morgan fingerprint density at radius 3 is 2.83 bits per heavy atom. The van der Waals surface area contributed by atoms with Crippen molar-refractivity contribution in [2.75, 3.05) is 6.54 Å². The van der Waals surface area contributed by atoms with Gasteiger partial charge in [0.2, 0.25) is 5.91 Å². The van der Waals surface area contributed by atoms with E-state index in [0.717, 1.165) is 19.4 Å². The minimum atomic E-state index is -0.398. The molecule has 6 heteroatoms. The molecule has 1 rings (SSSR count). The summed E-state index contributed by atoms with van der Waals surface area (Å²) in [4.78, 5) is 11.6. The standard InChI is InChI=1S/C12H22N4O.ClH/c1-3-10(2)11(13)12(17)14-6-4-8-16-9-5-7-15-16;/h5,7,9-11H,3-4,6,8,13H2,1-2H3,(H,14,17);1H. The number of amides is 1. The van der Waals surface area contributed by atoms with Gasteiger partial charge < -0.3 is 11.1 Å². The summed E-state index contributed by atoms with van der Waals surface area (Å²) in [7, 11) is 0. The number of hydrogen-bond donors (Lipinski definition) is 2. The van der Waals surface area contributed by atoms with Crippen molar-refractivity contribution in [3.63, 3.8) is 0 Å². The molecular formula is C12H23ClN4O. The molecule has 0 radical (unpaired) electrons. The van der Waals surface area contributed by atoms with Gasteiger partial charge in [0.05, 0.1) is 6.04 Å². The van der Waals surface area contributed by atoms with Crippen molar-refractivity contribution < 1.29 is 4.79 Å². The van der Waals surface area contributed by atoms with Gasteiger partial charge in [-0.05, 0) is 18.4 Å². The molecule has 0 saturated carbocycles. The number of rotatable bonds is 7. The maximum Gasteiger partial charge on any atom is 0.237 e. The number of nitrogens with zero attached hydrogens (tertiary/aromatic N) is 2. The molecule has 0 aliphatic heterocycles. The summed E-state index contributed by atoms with van der Waals surface area (Å²) in [6, 6.07) is 1.49. The molecule has 0 spiro atoms. The summed E-state index contributed by atoms with van der Waals surface area (Å²) < 4.78 is 1.85. The molecule has 0 fully saturated rings. The zero-order chi connectivity index (χ0) is 12.7. The Morgan fingerprint density at radius 2 is 2.28 bits per heavy atom. The van der Waals surface area contributed by atoms with Crippen LogP contribution in [-0.2, 0) is 11.3 Å². The molecule has 5 nitrogen and oxygen atoms in total. The lowest BCUT2D eigenvalue weighted by Crippen LogP contribution is -2.44. The highest BCUT2D eigenvalue weighted by molar-refractivity contribution is 5.85. The normalized spacial score (nSPS) is 13.5. The monoisotopic (exact) mass is 274 g/mol. The summed E-state index contributed by atoms with van der Waals surface area (Å²) in [5, 5.41) is 6.94. The first-order valence-electron chi connectivity index (χ1n) is 6.16. The minimum absolute atomic E-state index is 0. The Bertz CT molecular complexity index is 329. The largest absolute Gasteiger partial charge is 0.355 e. The van der Waals surface area contributed by atoms with Gasteiger partial charge in [-0.3, -0.25) is 9.48 Å². The predicted molar refractivity (Wildman–Crippen MR) is 74.5 cm³/mol. The molecule has 1 aromatic rings. The first-order chi connectivity index (χ1) is 8.15. The molecule has 104 valence electrons. The Labute approximate surface area is 115 Å². The molecule has 1 heterocycles. The summed E-state index contributed by atoms with van der Waals surface area (Å²) in [5.74, 6) is 0.168. The van der Waals surface area contributed by atoms with E-state index in [0.29, 0.717) is 6.54 Å². The van der Waals surface area contributed by atoms with Gasteiger partial charge in [0, 0.05) is 25.5 Å². The summed E-state index contributed by atoms with van der Waals surface area (Å²) in [6.07, 6.45) is 5.44. The van der Waals surface area contributed by atoms with Crippen molar-refractivity contribution in [2.45, 2.75) is 39.3 Å². The van der Waals surface area contributed by atoms with Crippen LogP contribution in [0.4, 0.5) is 0 Å². The highest BCUT2D eigenvalue weighted by Crippen LogP contribution is 2.04. The van der Waals surface area contributed by atoms with Crippen molar-refractivity contribution in [1.82, 2.24) is 15.1 Å². The molecule has 0 aromatic carbocycles. The van der Waals surface area contributed by atoms with Gasteiger partial charge in [0.15, 0.2) is 0 Å². The Hall–Kier alpha value is -1.07. The molecular weight excluding hydrogens is 252 g/mol. The quantitative estimate of drug-likeness (QED) is 0.734. The molecule has 0 bridgehead atoms. The second-order valence-corrected chi connectivity index (χ2v) is 4.33. The fourth-order valence-corrected chi connectivity index (χ4v) is 1.52. The van der Waals surface area contributed by atoms with Crippen LogP contribution >= 0.6 is 12.4 Å². The van der Waals surface area contributed by atoms with E-state index in [1.54, 1.807) is 6.20 Å². The molecule has 0 aliphatic carbocycles. The van der Waals surface area contributed by atoms with E-state index >= 15 is 0 Å². The van der Waals surface area contributed by atoms with Crippen LogP contribution in [0.1, 0.15) is 26.7 Å². The highest BCUT2D eigenvalue weighted by Gasteiger charge is 2.18. The van der Waals surface area contributed by atoms with Crippen LogP contribution in [0, 0.1) is 5.92 Å². The third-order valence-corrected chi connectivity index (χ3v) is 2.98. The van der Waals surface area contributed by atoms with Gasteiger partial charge in [0.1, 0.15) is 0 Å². The first kappa shape index (κ1) is 16.9. The molecule has 1 aromatic heterocycles. The third kappa shape index (κ3) is 5.51. The first-order valence-corrected chi connectivity index (χ1v) is 6.16. The van der Waals surface area contributed by atoms with Crippen molar-refractivity contribution in [1.29, 1.82) is 0 Å². The maximum atomic E-state index is 11.6. The minimum Gasteiger partial charge on any atom is -0.355 e. The molecule has 0 saturated heterocycles. The number of carbonyl (C=O) groups excluding carboxylic acids is 1. The van der Waals surface area contributed by atoms with Crippen molar-refractivity contribution in [2.24, 2.45) is 11.7 Å². The lowest BCUT2D eigenvalue weighted by atomic mass is 9.99. The van der Waals surface area contributed by atoms with E-state index in [2.05, 4.69) is 10.4 Å². The van der Waals surface area contributed by atoms with Crippen molar-refractivity contribution in [3.05, 3.63) is 18.5 Å². The number of aromatic nitrogens is 2. The smallest absolute Gasteiger partial charge is 0.237 e. The summed E-state index contributed by atoms with van der Waals surface area (Å²) in [5.41, 5.74) is 5.82. The Balaban J connectivity index is 0.00000289. The van der Waals surface area contributed by atoms with Crippen LogP contribution < -0.4 is 11.1 Å². The van der Waals surface area contributed by atoms with Crippen LogP contribution in [0.5, 0.6) is 0 Å². The lowest BCUT2D eigenvalue weighted by molar-refractivity contribution is -0.123. The fourth-order valence-electron chi connectivity index (χ4n) is 1.52. The van der Waals surface area contributed by atoms with Gasteiger partial charge in [-0.1, -0.05) is 20.3 Å². The van der Waals surface area contributed by atoms with Crippen molar-refractivity contribution >= 4 is 18.3 Å². The second kappa shape index (κ2) is 8.94. The zero-order valence-electron chi connectivity index (χ0n) is 11.0. The molecule has 0 aliphatic rings. The average Bonchev–Trinajstić information content (AvgIpc) is 2.85. The van der Waals surface area contributed by atoms with E-state index < -0.39 is 6.04 Å². The van der Waals surface area contributed by atoms with E-state index in [1.165, 1.54) is 0 Å². The van der Waals surface area contributed by atoms with E-state index in [4.69, 9.17) is 5.73 Å². The summed E-state index contributed by atoms with van der Waals surface area (Å²) in [6.45, 7) is 5.48. The number of carbonyl (C=O) groups is 1. The van der Waals surface area contributed by atoms with E-state index in [-0.39, 0.29) is 24.2 Å². The average molecular weight is 275 g/mol. The number of hydrogen-bond acceptors (Lipinski definition) is 3. The maximum absolute atomic E-state index is 11.6. The molecule has 2 atom stereocenters. The molecule has 1 amide bonds. The van der Waals surface area contributed by atoms with Crippen LogP contribution in [0.15, 0.2) is 18.5 Å². The molecule has 2 unspecified atom stereocenters. The Morgan fingerprint density at radius 1 is 1.56 bits per heavy atom. The van der Waals surface area contributed by atoms with Crippen LogP contribution in [0.2, 0.25) is 0 Å². The van der Waals surface area contributed by atoms with Gasteiger partial charge >= 0.3 is 0 Å².